The fourth-order valence-electron chi connectivity index (χ4n) is 3.68. The van der Waals surface area contributed by atoms with Gasteiger partial charge in [0, 0.05) is 29.6 Å². The van der Waals surface area contributed by atoms with Gasteiger partial charge < -0.3 is 10.3 Å². The SMILES string of the molecule is C=CC(=Nc1c(C(=O)N[C@H](C)C2CCCCC2)c[nH]c1C)C1CC1. The van der Waals surface area contributed by atoms with E-state index in [2.05, 4.69) is 23.8 Å². The molecule has 0 unspecified atom stereocenters. The molecule has 0 radical (unpaired) electrons. The van der Waals surface area contributed by atoms with Gasteiger partial charge in [0.1, 0.15) is 0 Å². The number of aryl methyl sites for hydroxylation is 1. The lowest BCUT2D eigenvalue weighted by molar-refractivity contribution is 0.0920. The number of nitrogens with zero attached hydrogens (tertiary/aromatic N) is 1. The van der Waals surface area contributed by atoms with Crippen molar-refractivity contribution in [2.75, 3.05) is 0 Å². The Kier molecular flexibility index (Phi) is 5.22. The molecule has 0 bridgehead atoms. The molecule has 4 heteroatoms. The van der Waals surface area contributed by atoms with E-state index in [-0.39, 0.29) is 11.9 Å². The van der Waals surface area contributed by atoms with Crippen LogP contribution in [0.1, 0.15) is 67.9 Å². The molecule has 0 saturated heterocycles. The van der Waals surface area contributed by atoms with Crippen LogP contribution in [0, 0.1) is 18.8 Å². The first-order valence-corrected chi connectivity index (χ1v) is 9.30. The van der Waals surface area contributed by atoms with Crippen molar-refractivity contribution in [3.63, 3.8) is 0 Å². The Morgan fingerprint density at radius 1 is 1.33 bits per heavy atom. The number of hydrogen-bond acceptors (Lipinski definition) is 2. The normalized spacial score (nSPS) is 20.7. The zero-order valence-electron chi connectivity index (χ0n) is 14.9. The summed E-state index contributed by atoms with van der Waals surface area (Å²) in [6, 6.07) is 0.215. The molecule has 2 N–H and O–H groups in total. The Labute approximate surface area is 144 Å². The highest BCUT2D eigenvalue weighted by Crippen LogP contribution is 2.34. The zero-order valence-corrected chi connectivity index (χ0v) is 14.9. The molecule has 4 nitrogen and oxygen atoms in total. The number of nitrogens with one attached hydrogen (secondary N) is 2. The summed E-state index contributed by atoms with van der Waals surface area (Å²) in [5.41, 5.74) is 3.36. The second-order valence-corrected chi connectivity index (χ2v) is 7.35. The van der Waals surface area contributed by atoms with Crippen LogP contribution in [0.4, 0.5) is 5.69 Å². The Balaban J connectivity index is 1.74. The largest absolute Gasteiger partial charge is 0.363 e. The molecule has 2 aliphatic rings. The lowest BCUT2D eigenvalue weighted by atomic mass is 9.84. The van der Waals surface area contributed by atoms with Gasteiger partial charge in [0.05, 0.1) is 11.3 Å². The molecule has 0 spiro atoms. The number of aromatic amines is 1. The van der Waals surface area contributed by atoms with Crippen molar-refractivity contribution in [2.45, 2.75) is 64.8 Å². The Bertz CT molecular complexity index is 633. The minimum atomic E-state index is -0.0182. The quantitative estimate of drug-likeness (QED) is 0.732. The Morgan fingerprint density at radius 3 is 2.67 bits per heavy atom. The summed E-state index contributed by atoms with van der Waals surface area (Å²) >= 11 is 0. The number of rotatable bonds is 6. The average molecular weight is 327 g/mol. The predicted molar refractivity (Wildman–Crippen MR) is 99.0 cm³/mol. The highest BCUT2D eigenvalue weighted by Gasteiger charge is 2.27. The van der Waals surface area contributed by atoms with Crippen molar-refractivity contribution < 1.29 is 4.79 Å². The van der Waals surface area contributed by atoms with Gasteiger partial charge in [-0.1, -0.05) is 25.8 Å². The van der Waals surface area contributed by atoms with Crippen LogP contribution in [0.2, 0.25) is 0 Å². The molecule has 2 saturated carbocycles. The monoisotopic (exact) mass is 327 g/mol. The number of hydrogen-bond donors (Lipinski definition) is 2. The summed E-state index contributed by atoms with van der Waals surface area (Å²) in [5, 5.41) is 3.20. The summed E-state index contributed by atoms with van der Waals surface area (Å²) < 4.78 is 0. The summed E-state index contributed by atoms with van der Waals surface area (Å²) in [4.78, 5) is 20.7. The van der Waals surface area contributed by atoms with Gasteiger partial charge in [0.25, 0.3) is 5.91 Å². The van der Waals surface area contributed by atoms with Crippen molar-refractivity contribution in [1.82, 2.24) is 10.3 Å². The highest BCUT2D eigenvalue weighted by molar-refractivity contribution is 6.04. The lowest BCUT2D eigenvalue weighted by Crippen LogP contribution is -2.38. The van der Waals surface area contributed by atoms with Gasteiger partial charge >= 0.3 is 0 Å². The van der Waals surface area contributed by atoms with Crippen LogP contribution in [0.15, 0.2) is 23.8 Å². The predicted octanol–water partition coefficient (Wildman–Crippen LogP) is 4.69. The minimum Gasteiger partial charge on any atom is -0.363 e. The van der Waals surface area contributed by atoms with E-state index in [0.717, 1.165) is 17.1 Å². The molecule has 2 fully saturated rings. The zero-order chi connectivity index (χ0) is 17.1. The van der Waals surface area contributed by atoms with Crippen LogP contribution in [0.25, 0.3) is 0 Å². The average Bonchev–Trinajstić information content (AvgIpc) is 3.37. The molecular weight excluding hydrogens is 298 g/mol. The van der Waals surface area contributed by atoms with Crippen LogP contribution >= 0.6 is 0 Å². The van der Waals surface area contributed by atoms with E-state index in [4.69, 9.17) is 4.99 Å². The van der Waals surface area contributed by atoms with Gasteiger partial charge in [0.2, 0.25) is 0 Å². The van der Waals surface area contributed by atoms with E-state index in [0.29, 0.717) is 17.4 Å². The number of carbonyl (C=O) groups excluding carboxylic acids is 1. The van der Waals surface area contributed by atoms with Gasteiger partial charge in [-0.15, -0.1) is 0 Å². The van der Waals surface area contributed by atoms with Crippen molar-refractivity contribution in [1.29, 1.82) is 0 Å². The summed E-state index contributed by atoms with van der Waals surface area (Å²) in [5.74, 6) is 1.11. The van der Waals surface area contributed by atoms with Crippen LogP contribution in [-0.4, -0.2) is 22.6 Å². The maximum atomic E-state index is 12.8. The summed E-state index contributed by atoms with van der Waals surface area (Å²) in [7, 11) is 0. The second-order valence-electron chi connectivity index (χ2n) is 7.35. The second kappa shape index (κ2) is 7.37. The number of allylic oxidation sites excluding steroid dienone is 1. The van der Waals surface area contributed by atoms with E-state index in [1.54, 1.807) is 6.20 Å². The molecule has 1 amide bonds. The molecule has 0 aliphatic heterocycles. The third-order valence-electron chi connectivity index (χ3n) is 5.45. The Morgan fingerprint density at radius 2 is 2.04 bits per heavy atom. The topological polar surface area (TPSA) is 57.2 Å². The molecule has 3 rings (SSSR count). The van der Waals surface area contributed by atoms with E-state index in [1.165, 1.54) is 44.9 Å². The maximum absolute atomic E-state index is 12.8. The smallest absolute Gasteiger partial charge is 0.255 e. The Hall–Kier alpha value is -1.84. The number of amides is 1. The molecule has 2 aliphatic carbocycles. The van der Waals surface area contributed by atoms with Gasteiger partial charge in [0.15, 0.2) is 0 Å². The number of H-pyrrole nitrogens is 1. The van der Waals surface area contributed by atoms with Crippen molar-refractivity contribution in [3.05, 3.63) is 30.1 Å². The standard InChI is InChI=1S/C20H29N3O/c1-4-18(16-10-11-16)23-19-14(3)21-12-17(19)20(24)22-13(2)15-8-6-5-7-9-15/h4,12-13,15-16,21H,1,5-11H2,2-3H3,(H,22,24)/t13-/m1/s1. The highest BCUT2D eigenvalue weighted by atomic mass is 16.1. The van der Waals surface area contributed by atoms with E-state index in [1.807, 2.05) is 13.0 Å². The van der Waals surface area contributed by atoms with Crippen LogP contribution in [0.5, 0.6) is 0 Å². The molecule has 1 aromatic heterocycles. The molecule has 1 heterocycles. The molecule has 24 heavy (non-hydrogen) atoms. The van der Waals surface area contributed by atoms with Crippen molar-refractivity contribution in [3.8, 4) is 0 Å². The number of aliphatic imine (C=N–C) groups is 1. The first-order valence-electron chi connectivity index (χ1n) is 9.30. The van der Waals surface area contributed by atoms with Gasteiger partial charge in [-0.05, 0) is 51.5 Å². The number of aromatic nitrogens is 1. The first-order chi connectivity index (χ1) is 11.6. The third kappa shape index (κ3) is 3.80. The van der Waals surface area contributed by atoms with Gasteiger partial charge in [-0.2, -0.15) is 0 Å². The minimum absolute atomic E-state index is 0.0182. The third-order valence-corrected chi connectivity index (χ3v) is 5.45. The molecule has 130 valence electrons. The first kappa shape index (κ1) is 17.0. The summed E-state index contributed by atoms with van der Waals surface area (Å²) in [6.45, 7) is 7.98. The molecular formula is C20H29N3O. The molecule has 1 aromatic rings. The lowest BCUT2D eigenvalue weighted by Gasteiger charge is -2.28. The van der Waals surface area contributed by atoms with Crippen molar-refractivity contribution >= 4 is 17.3 Å². The van der Waals surface area contributed by atoms with Crippen molar-refractivity contribution in [2.24, 2.45) is 16.8 Å². The van der Waals surface area contributed by atoms with E-state index >= 15 is 0 Å². The molecule has 0 aromatic carbocycles. The van der Waals surface area contributed by atoms with Crippen LogP contribution in [0.3, 0.4) is 0 Å². The van der Waals surface area contributed by atoms with E-state index in [9.17, 15) is 4.79 Å². The molecule has 1 atom stereocenters. The fourth-order valence-corrected chi connectivity index (χ4v) is 3.68. The summed E-state index contributed by atoms with van der Waals surface area (Å²) in [6.07, 6.45) is 12.3. The van der Waals surface area contributed by atoms with Crippen LogP contribution < -0.4 is 5.32 Å². The fraction of sp³-hybridized carbons (Fsp3) is 0.600. The number of carbonyl (C=O) groups is 1. The van der Waals surface area contributed by atoms with E-state index < -0.39 is 0 Å². The maximum Gasteiger partial charge on any atom is 0.255 e. The van der Waals surface area contributed by atoms with Crippen LogP contribution in [-0.2, 0) is 0 Å². The van der Waals surface area contributed by atoms with Gasteiger partial charge in [-0.25, -0.2) is 0 Å². The van der Waals surface area contributed by atoms with Gasteiger partial charge in [-0.3, -0.25) is 9.79 Å².